The molecule has 0 radical (unpaired) electrons. The first-order valence-corrected chi connectivity index (χ1v) is 31.6. The van der Waals surface area contributed by atoms with Crippen LogP contribution in [0.3, 0.4) is 0 Å². The van der Waals surface area contributed by atoms with E-state index in [1.165, 1.54) is 22.3 Å². The minimum atomic E-state index is -0.299. The highest BCUT2D eigenvalue weighted by molar-refractivity contribution is 6.15. The molecule has 92 heavy (non-hydrogen) atoms. The van der Waals surface area contributed by atoms with Crippen molar-refractivity contribution in [1.29, 1.82) is 0 Å². The van der Waals surface area contributed by atoms with Crippen molar-refractivity contribution in [3.63, 3.8) is 0 Å². The minimum absolute atomic E-state index is 0.0524. The molecular weight excluding hydrogens is 1110 g/mol. The number of fused-ring (bicyclic) bond motifs is 3. The summed E-state index contributed by atoms with van der Waals surface area (Å²) in [5.41, 5.74) is 32.0. The quantitative estimate of drug-likeness (QED) is 0.108. The van der Waals surface area contributed by atoms with E-state index >= 15 is 4.79 Å². The van der Waals surface area contributed by atoms with E-state index in [0.29, 0.717) is 11.1 Å². The predicted octanol–water partition coefficient (Wildman–Crippen LogP) is 22.7. The molecule has 1 aliphatic carbocycles. The molecule has 3 heterocycles. The van der Waals surface area contributed by atoms with Gasteiger partial charge in [-0.15, -0.1) is 0 Å². The maximum absolute atomic E-state index is 16.1. The third-order valence-corrected chi connectivity index (χ3v) is 18.7. The molecule has 0 aliphatic heterocycles. The first-order valence-electron chi connectivity index (χ1n) is 31.6. The lowest BCUT2D eigenvalue weighted by Gasteiger charge is -2.22. The van der Waals surface area contributed by atoms with Gasteiger partial charge in [-0.25, -0.2) is 0 Å². The Labute approximate surface area is 539 Å². The van der Waals surface area contributed by atoms with Gasteiger partial charge in [-0.1, -0.05) is 220 Å². The molecule has 14 aromatic rings. The van der Waals surface area contributed by atoms with E-state index in [1.807, 2.05) is 55.0 Å². The van der Waals surface area contributed by atoms with Crippen LogP contribution in [-0.4, -0.2) is 20.7 Å². The van der Waals surface area contributed by atoms with Crippen LogP contribution < -0.4 is 0 Å². The Hall–Kier alpha value is -11.5. The standard InChI is InChI=1S/C88H65N3O/c1-56-46-62(84-34-17-19-44-89-84)36-40-69(56)74-29-12-9-26-71(74)66-50-67(72-27-10-13-30-75(72)70-41-37-63(47-57(70)2)85-35-18-20-45-90-85)52-68(51-66)73-28-11-14-31-76(73)77-42-38-64(86-48-58(3)81(55-91-86)61-25-21-24-60(49-61)59-22-7-6-8-23-59)53-80(77)87(92)65-39-43-79-78-32-15-16-33-82(78)88(4,5)83(79)54-65/h6-55H,1-5H3. The molecule has 0 saturated heterocycles. The SMILES string of the molecule is Cc1cc(-c2ccc(-c3ccccc3-c3cc(-c4ccccc4-c4ccc(-c5ccccn5)cc4C)cc(-c4ccccc4-c4ccc(-c5ccccn5)cc4C)c3)c(C(=O)c3ccc4c(c3)C(C)(C)c3ccccc3-4)c2)ncc1-c1cccc(-c2ccccc2)c1. The van der Waals surface area contributed by atoms with Gasteiger partial charge >= 0.3 is 0 Å². The highest BCUT2D eigenvalue weighted by Gasteiger charge is 2.36. The van der Waals surface area contributed by atoms with Crippen LogP contribution in [0.25, 0.3) is 134 Å². The normalized spacial score (nSPS) is 12.1. The van der Waals surface area contributed by atoms with Crippen LogP contribution in [0.15, 0.2) is 304 Å². The molecule has 0 atom stereocenters. The van der Waals surface area contributed by atoms with E-state index in [1.54, 1.807) is 0 Å². The number of benzene rings is 11. The van der Waals surface area contributed by atoms with Gasteiger partial charge in [0.15, 0.2) is 5.78 Å². The van der Waals surface area contributed by atoms with Gasteiger partial charge in [0.1, 0.15) is 0 Å². The Morgan fingerprint density at radius 1 is 0.272 bits per heavy atom. The predicted molar refractivity (Wildman–Crippen MR) is 381 cm³/mol. The van der Waals surface area contributed by atoms with E-state index in [2.05, 4.69) is 293 Å². The van der Waals surface area contributed by atoms with Crippen LogP contribution in [-0.2, 0) is 5.41 Å². The average Bonchev–Trinajstić information content (AvgIpc) is 1.53. The van der Waals surface area contributed by atoms with E-state index in [9.17, 15) is 0 Å². The Balaban J connectivity index is 0.902. The first kappa shape index (κ1) is 57.0. The van der Waals surface area contributed by atoms with Crippen molar-refractivity contribution in [2.45, 2.75) is 40.0 Å². The lowest BCUT2D eigenvalue weighted by atomic mass is 9.81. The molecule has 0 N–H and O–H groups in total. The first-order chi connectivity index (χ1) is 45.0. The number of carbonyl (C=O) groups is 1. The zero-order chi connectivity index (χ0) is 62.5. The topological polar surface area (TPSA) is 55.7 Å². The maximum atomic E-state index is 16.1. The molecule has 3 aromatic heterocycles. The number of nitrogens with zero attached hydrogens (tertiary/aromatic N) is 3. The van der Waals surface area contributed by atoms with Gasteiger partial charge in [0.05, 0.1) is 17.1 Å². The highest BCUT2D eigenvalue weighted by Crippen LogP contribution is 2.50. The summed E-state index contributed by atoms with van der Waals surface area (Å²) in [7, 11) is 0. The molecule has 0 bridgehead atoms. The number of aryl methyl sites for hydroxylation is 3. The number of aromatic nitrogens is 3. The fourth-order valence-corrected chi connectivity index (χ4v) is 14.0. The number of hydrogen-bond donors (Lipinski definition) is 0. The zero-order valence-electron chi connectivity index (χ0n) is 52.1. The second kappa shape index (κ2) is 23.8. The van der Waals surface area contributed by atoms with Crippen LogP contribution in [0.5, 0.6) is 0 Å². The summed E-state index contributed by atoms with van der Waals surface area (Å²) in [5, 5.41) is 0. The zero-order valence-corrected chi connectivity index (χ0v) is 52.1. The fourth-order valence-electron chi connectivity index (χ4n) is 14.0. The summed E-state index contributed by atoms with van der Waals surface area (Å²) >= 11 is 0. The molecule has 1 aliphatic rings. The second-order valence-electron chi connectivity index (χ2n) is 24.8. The monoisotopic (exact) mass is 1180 g/mol. The summed E-state index contributed by atoms with van der Waals surface area (Å²) in [6.45, 7) is 11.1. The number of carbonyl (C=O) groups excluding carboxylic acids is 1. The summed E-state index contributed by atoms with van der Waals surface area (Å²) in [4.78, 5) is 30.6. The molecule has 15 rings (SSSR count). The highest BCUT2D eigenvalue weighted by atomic mass is 16.1. The summed E-state index contributed by atoms with van der Waals surface area (Å²) in [6, 6.07) is 101. The Morgan fingerprint density at radius 2 is 0.707 bits per heavy atom. The molecule has 4 nitrogen and oxygen atoms in total. The third kappa shape index (κ3) is 10.6. The summed E-state index contributed by atoms with van der Waals surface area (Å²) in [6.07, 6.45) is 5.68. The Morgan fingerprint density at radius 3 is 1.25 bits per heavy atom. The van der Waals surface area contributed by atoms with Crippen molar-refractivity contribution in [2.24, 2.45) is 0 Å². The number of pyridine rings is 3. The molecule has 0 saturated carbocycles. The van der Waals surface area contributed by atoms with E-state index < -0.39 is 0 Å². The van der Waals surface area contributed by atoms with E-state index in [-0.39, 0.29) is 11.2 Å². The summed E-state index contributed by atoms with van der Waals surface area (Å²) in [5.74, 6) is -0.0524. The van der Waals surface area contributed by atoms with Crippen LogP contribution >= 0.6 is 0 Å². The van der Waals surface area contributed by atoms with Crippen molar-refractivity contribution >= 4 is 5.78 Å². The van der Waals surface area contributed by atoms with Crippen LogP contribution in [0.1, 0.15) is 57.6 Å². The van der Waals surface area contributed by atoms with Gasteiger partial charge < -0.3 is 0 Å². The second-order valence-corrected chi connectivity index (χ2v) is 24.8. The van der Waals surface area contributed by atoms with Gasteiger partial charge in [0, 0.05) is 57.4 Å². The van der Waals surface area contributed by atoms with Gasteiger partial charge in [0.25, 0.3) is 0 Å². The maximum Gasteiger partial charge on any atom is 0.193 e. The van der Waals surface area contributed by atoms with E-state index in [4.69, 9.17) is 4.98 Å². The minimum Gasteiger partial charge on any atom is -0.289 e. The van der Waals surface area contributed by atoms with Gasteiger partial charge in [-0.3, -0.25) is 19.7 Å². The number of hydrogen-bond acceptors (Lipinski definition) is 4. The third-order valence-electron chi connectivity index (χ3n) is 18.7. The smallest absolute Gasteiger partial charge is 0.193 e. The van der Waals surface area contributed by atoms with Crippen LogP contribution in [0.4, 0.5) is 0 Å². The van der Waals surface area contributed by atoms with Crippen molar-refractivity contribution in [1.82, 2.24) is 15.0 Å². The Bertz CT molecular complexity index is 5030. The van der Waals surface area contributed by atoms with E-state index in [0.717, 1.165) is 139 Å². The summed E-state index contributed by atoms with van der Waals surface area (Å²) < 4.78 is 0. The lowest BCUT2D eigenvalue weighted by Crippen LogP contribution is -2.16. The van der Waals surface area contributed by atoms with Gasteiger partial charge in [-0.05, 0) is 222 Å². The molecule has 0 fully saturated rings. The van der Waals surface area contributed by atoms with Crippen molar-refractivity contribution in [2.75, 3.05) is 0 Å². The van der Waals surface area contributed by atoms with Crippen molar-refractivity contribution in [3.8, 4) is 134 Å². The molecule has 0 unspecified atom stereocenters. The molecule has 438 valence electrons. The largest absolute Gasteiger partial charge is 0.289 e. The Kier molecular flexibility index (Phi) is 14.8. The van der Waals surface area contributed by atoms with Gasteiger partial charge in [0.2, 0.25) is 0 Å². The molecule has 4 heteroatoms. The molecule has 11 aromatic carbocycles. The van der Waals surface area contributed by atoms with Crippen LogP contribution in [0, 0.1) is 20.8 Å². The molecular formula is C88H65N3O. The number of ketones is 1. The average molecular weight is 1180 g/mol. The lowest BCUT2D eigenvalue weighted by molar-refractivity contribution is 0.103. The van der Waals surface area contributed by atoms with Gasteiger partial charge in [-0.2, -0.15) is 0 Å². The van der Waals surface area contributed by atoms with Crippen LogP contribution in [0.2, 0.25) is 0 Å². The fraction of sp³-hybridized carbons (Fsp3) is 0.0682. The van der Waals surface area contributed by atoms with Crippen molar-refractivity contribution < 1.29 is 4.79 Å². The molecule has 0 amide bonds. The van der Waals surface area contributed by atoms with Crippen molar-refractivity contribution in [3.05, 3.63) is 343 Å². The number of rotatable bonds is 13. The molecule has 0 spiro atoms.